The number of rotatable bonds is 2. The van der Waals surface area contributed by atoms with Crippen molar-refractivity contribution in [2.24, 2.45) is 11.1 Å². The van der Waals surface area contributed by atoms with Crippen LogP contribution >= 0.6 is 23.2 Å². The van der Waals surface area contributed by atoms with Crippen LogP contribution in [0.2, 0.25) is 10.0 Å². The van der Waals surface area contributed by atoms with E-state index in [-0.39, 0.29) is 0 Å². The molecule has 2 aliphatic heterocycles. The van der Waals surface area contributed by atoms with Gasteiger partial charge in [-0.1, -0.05) is 52.6 Å². The minimum Gasteiger partial charge on any atom is -0.381 e. The maximum atomic E-state index is 12.9. The Balaban J connectivity index is 1.74. The molecular weight excluding hydrogens is 351 g/mol. The summed E-state index contributed by atoms with van der Waals surface area (Å²) in [5.41, 5.74) is 1.36. The molecule has 2 aliphatic rings. The summed E-state index contributed by atoms with van der Waals surface area (Å²) in [5, 5.41) is 4.82. The second kappa shape index (κ2) is 5.61. The fraction of sp³-hybridized carbons (Fsp3) is 0.118. The molecule has 0 bridgehead atoms. The van der Waals surface area contributed by atoms with E-state index in [4.69, 9.17) is 28.0 Å². The summed E-state index contributed by atoms with van der Waals surface area (Å²) < 4.78 is 0. The molecule has 1 saturated heterocycles. The average Bonchev–Trinajstić information content (AvgIpc) is 3.09. The van der Waals surface area contributed by atoms with Gasteiger partial charge in [-0.15, -0.1) is 0 Å². The third-order valence-corrected chi connectivity index (χ3v) is 4.59. The Morgan fingerprint density at radius 2 is 1.79 bits per heavy atom. The highest BCUT2D eigenvalue weighted by Crippen LogP contribution is 2.36. The van der Waals surface area contributed by atoms with Crippen LogP contribution in [0.5, 0.6) is 0 Å². The molecule has 0 unspecified atom stereocenters. The van der Waals surface area contributed by atoms with E-state index in [1.807, 2.05) is 0 Å². The maximum Gasteiger partial charge on any atom is 0.278 e. The van der Waals surface area contributed by atoms with Crippen LogP contribution in [-0.4, -0.2) is 23.6 Å². The molecule has 2 atom stereocenters. The van der Waals surface area contributed by atoms with Crippen LogP contribution in [0, 0.1) is 5.92 Å². The predicted molar refractivity (Wildman–Crippen MR) is 90.3 cm³/mol. The second-order valence-electron chi connectivity index (χ2n) is 5.45. The fourth-order valence-corrected chi connectivity index (χ4v) is 3.36. The standard InChI is InChI=1S/C17H10Cl2N2O3/c18-9-4-3-5-10(8-9)21-16(22)13-14(20-24-15(13)17(21)23)11-6-1-2-7-12(11)19/h1-8,13,15H/t13-,15-/m0/s1. The third kappa shape index (κ3) is 2.20. The number of hydrogen-bond acceptors (Lipinski definition) is 4. The van der Waals surface area contributed by atoms with E-state index in [0.29, 0.717) is 27.0 Å². The molecule has 0 spiro atoms. The number of carbonyl (C=O) groups excluding carboxylic acids is 2. The summed E-state index contributed by atoms with van der Waals surface area (Å²) in [5.74, 6) is -1.67. The van der Waals surface area contributed by atoms with Crippen molar-refractivity contribution in [1.82, 2.24) is 0 Å². The van der Waals surface area contributed by atoms with Gasteiger partial charge in [-0.3, -0.25) is 9.59 Å². The van der Waals surface area contributed by atoms with Gasteiger partial charge in [0.15, 0.2) is 0 Å². The normalized spacial score (nSPS) is 22.4. The van der Waals surface area contributed by atoms with Crippen molar-refractivity contribution in [2.75, 3.05) is 4.90 Å². The summed E-state index contributed by atoms with van der Waals surface area (Å²) in [6, 6.07) is 13.6. The molecule has 120 valence electrons. The number of halogens is 2. The molecule has 5 nitrogen and oxygen atoms in total. The SMILES string of the molecule is O=C1[C@H]2C(c3ccccc3Cl)=NO[C@@H]2C(=O)N1c1cccc(Cl)c1. The number of carbonyl (C=O) groups is 2. The number of hydrogen-bond donors (Lipinski definition) is 0. The molecule has 0 aliphatic carbocycles. The Morgan fingerprint density at radius 3 is 2.54 bits per heavy atom. The molecule has 0 N–H and O–H groups in total. The number of anilines is 1. The fourth-order valence-electron chi connectivity index (χ4n) is 2.94. The minimum absolute atomic E-state index is 0.369. The molecule has 0 aromatic heterocycles. The Morgan fingerprint density at radius 1 is 1.00 bits per heavy atom. The number of imide groups is 1. The van der Waals surface area contributed by atoms with Crippen LogP contribution < -0.4 is 4.90 Å². The van der Waals surface area contributed by atoms with Gasteiger partial charge in [0.05, 0.1) is 5.69 Å². The largest absolute Gasteiger partial charge is 0.381 e. The Labute approximate surface area is 147 Å². The van der Waals surface area contributed by atoms with Gasteiger partial charge in [-0.05, 0) is 24.3 Å². The van der Waals surface area contributed by atoms with Gasteiger partial charge < -0.3 is 4.84 Å². The first-order valence-corrected chi connectivity index (χ1v) is 7.95. The summed E-state index contributed by atoms with van der Waals surface area (Å²) in [4.78, 5) is 31.8. The van der Waals surface area contributed by atoms with Crippen LogP contribution in [0.25, 0.3) is 0 Å². The van der Waals surface area contributed by atoms with Gasteiger partial charge in [-0.25, -0.2) is 4.90 Å². The first-order valence-electron chi connectivity index (χ1n) is 7.20. The zero-order valence-electron chi connectivity index (χ0n) is 12.1. The van der Waals surface area contributed by atoms with Crippen LogP contribution in [0.15, 0.2) is 53.7 Å². The van der Waals surface area contributed by atoms with Gasteiger partial charge >= 0.3 is 0 Å². The van der Waals surface area contributed by atoms with Crippen molar-refractivity contribution in [3.05, 3.63) is 64.1 Å². The number of fused-ring (bicyclic) bond motifs is 1. The predicted octanol–water partition coefficient (Wildman–Crippen LogP) is 3.29. The monoisotopic (exact) mass is 360 g/mol. The molecule has 7 heteroatoms. The minimum atomic E-state index is -0.970. The van der Waals surface area contributed by atoms with Crippen molar-refractivity contribution in [2.45, 2.75) is 6.10 Å². The van der Waals surface area contributed by atoms with Crippen molar-refractivity contribution in [3.8, 4) is 0 Å². The highest BCUT2D eigenvalue weighted by molar-refractivity contribution is 6.38. The highest BCUT2D eigenvalue weighted by Gasteiger charge is 2.56. The van der Waals surface area contributed by atoms with Crippen molar-refractivity contribution < 1.29 is 14.4 Å². The molecule has 4 rings (SSSR count). The van der Waals surface area contributed by atoms with Gasteiger partial charge in [0, 0.05) is 15.6 Å². The summed E-state index contributed by atoms with van der Waals surface area (Å²) in [7, 11) is 0. The molecule has 2 aromatic carbocycles. The Kier molecular flexibility index (Phi) is 3.55. The number of benzene rings is 2. The van der Waals surface area contributed by atoms with Gasteiger partial charge in [0.2, 0.25) is 12.0 Å². The van der Waals surface area contributed by atoms with E-state index in [9.17, 15) is 9.59 Å². The third-order valence-electron chi connectivity index (χ3n) is 4.03. The van der Waals surface area contributed by atoms with Crippen molar-refractivity contribution in [1.29, 1.82) is 0 Å². The van der Waals surface area contributed by atoms with E-state index < -0.39 is 23.8 Å². The van der Waals surface area contributed by atoms with Crippen molar-refractivity contribution >= 4 is 46.4 Å². The smallest absolute Gasteiger partial charge is 0.278 e. The maximum absolute atomic E-state index is 12.9. The average molecular weight is 361 g/mol. The van der Waals surface area contributed by atoms with Crippen LogP contribution in [0.3, 0.4) is 0 Å². The molecule has 24 heavy (non-hydrogen) atoms. The van der Waals surface area contributed by atoms with E-state index in [0.717, 1.165) is 4.90 Å². The zero-order valence-corrected chi connectivity index (χ0v) is 13.7. The van der Waals surface area contributed by atoms with Gasteiger partial charge in [0.25, 0.3) is 5.91 Å². The van der Waals surface area contributed by atoms with Gasteiger partial charge in [-0.2, -0.15) is 0 Å². The summed E-state index contributed by atoms with van der Waals surface area (Å²) in [6.45, 7) is 0. The van der Waals surface area contributed by atoms with E-state index in [1.54, 1.807) is 48.5 Å². The van der Waals surface area contributed by atoms with Crippen molar-refractivity contribution in [3.63, 3.8) is 0 Å². The number of nitrogens with zero attached hydrogens (tertiary/aromatic N) is 2. The first-order chi connectivity index (χ1) is 11.6. The van der Waals surface area contributed by atoms with E-state index in [1.165, 1.54) is 0 Å². The quantitative estimate of drug-likeness (QED) is 0.772. The lowest BCUT2D eigenvalue weighted by atomic mass is 9.94. The molecular formula is C17H10Cl2N2O3. The lowest BCUT2D eigenvalue weighted by Gasteiger charge is -2.15. The zero-order chi connectivity index (χ0) is 16.8. The molecule has 2 aromatic rings. The molecule has 2 amide bonds. The molecule has 1 fully saturated rings. The lowest BCUT2D eigenvalue weighted by molar-refractivity contribution is -0.126. The van der Waals surface area contributed by atoms with Crippen LogP contribution in [0.1, 0.15) is 5.56 Å². The lowest BCUT2D eigenvalue weighted by Crippen LogP contribution is -2.33. The van der Waals surface area contributed by atoms with Crippen LogP contribution in [0.4, 0.5) is 5.69 Å². The Hall–Kier alpha value is -2.37. The van der Waals surface area contributed by atoms with E-state index in [2.05, 4.69) is 5.16 Å². The first kappa shape index (κ1) is 15.2. The Bertz CT molecular complexity index is 897. The number of oxime groups is 1. The molecule has 2 heterocycles. The highest BCUT2D eigenvalue weighted by atomic mass is 35.5. The topological polar surface area (TPSA) is 59.0 Å². The summed E-state index contributed by atoms with van der Waals surface area (Å²) in [6.07, 6.45) is -0.970. The van der Waals surface area contributed by atoms with Crippen LogP contribution in [-0.2, 0) is 14.4 Å². The molecule has 0 radical (unpaired) electrons. The second-order valence-corrected chi connectivity index (χ2v) is 6.30. The van der Waals surface area contributed by atoms with Gasteiger partial charge in [0.1, 0.15) is 11.6 Å². The number of amides is 2. The summed E-state index contributed by atoms with van der Waals surface area (Å²) >= 11 is 12.2. The van der Waals surface area contributed by atoms with E-state index >= 15 is 0 Å². The molecule has 0 saturated carbocycles.